The minimum atomic E-state index is 0.473. The van der Waals surface area contributed by atoms with Gasteiger partial charge in [-0.1, -0.05) is 16.7 Å². The van der Waals surface area contributed by atoms with E-state index in [1.807, 2.05) is 0 Å². The van der Waals surface area contributed by atoms with Gasteiger partial charge in [0.1, 0.15) is 7.85 Å². The van der Waals surface area contributed by atoms with E-state index in [9.17, 15) is 0 Å². The molecule has 0 unspecified atom stereocenters. The Morgan fingerprint density at radius 2 is 2.00 bits per heavy atom. The first kappa shape index (κ1) is 15.0. The highest BCUT2D eigenvalue weighted by atomic mass is 16.5. The molecule has 5 nitrogen and oxygen atoms in total. The molecule has 6 heteroatoms. The number of nitrogens with zero attached hydrogens (tertiary/aromatic N) is 3. The van der Waals surface area contributed by atoms with Crippen LogP contribution in [-0.4, -0.2) is 56.7 Å². The maximum absolute atomic E-state index is 5.87. The fourth-order valence-electron chi connectivity index (χ4n) is 3.83. The van der Waals surface area contributed by atoms with E-state index >= 15 is 0 Å². The van der Waals surface area contributed by atoms with E-state index in [-0.39, 0.29) is 0 Å². The summed E-state index contributed by atoms with van der Waals surface area (Å²) < 4.78 is 5.50. The van der Waals surface area contributed by atoms with Gasteiger partial charge in [-0.2, -0.15) is 0 Å². The number of hydrogen-bond donors (Lipinski definition) is 1. The number of fused-ring (bicyclic) bond motifs is 1. The highest BCUT2D eigenvalue weighted by Gasteiger charge is 2.27. The first-order chi connectivity index (χ1) is 11.2. The van der Waals surface area contributed by atoms with Crippen molar-refractivity contribution in [2.75, 3.05) is 37.6 Å². The number of nitrogens with two attached hydrogens (primary N) is 1. The van der Waals surface area contributed by atoms with Crippen molar-refractivity contribution >= 4 is 30.1 Å². The lowest BCUT2D eigenvalue weighted by atomic mass is 9.79. The fourth-order valence-corrected chi connectivity index (χ4v) is 3.83. The minimum absolute atomic E-state index is 0.473. The Kier molecular flexibility index (Phi) is 4.03. The number of piperazine rings is 1. The molecule has 0 radical (unpaired) electrons. The SMILES string of the molecule is Bc1ccc2c(N3CCN(CCC4CC(N)C4)CC3)noc2c1. The maximum Gasteiger partial charge on any atom is 0.180 e. The second kappa shape index (κ2) is 6.17. The molecule has 2 heterocycles. The molecule has 2 N–H and O–H groups in total. The molecule has 0 atom stereocenters. The first-order valence-corrected chi connectivity index (χ1v) is 8.78. The normalized spacial score (nSPS) is 25.7. The van der Waals surface area contributed by atoms with Gasteiger partial charge in [-0.05, 0) is 43.9 Å². The number of hydrogen-bond acceptors (Lipinski definition) is 5. The molecule has 1 aromatic heterocycles. The molecule has 2 fully saturated rings. The fraction of sp³-hybridized carbons (Fsp3) is 0.588. The molecule has 122 valence electrons. The quantitative estimate of drug-likeness (QED) is 0.825. The Hall–Kier alpha value is -1.53. The maximum atomic E-state index is 5.87. The third-order valence-corrected chi connectivity index (χ3v) is 5.41. The van der Waals surface area contributed by atoms with Crippen LogP contribution in [0.4, 0.5) is 5.82 Å². The molecule has 1 aliphatic carbocycles. The molecule has 1 aromatic carbocycles. The van der Waals surface area contributed by atoms with Crippen molar-refractivity contribution in [1.82, 2.24) is 10.1 Å². The lowest BCUT2D eigenvalue weighted by molar-refractivity contribution is 0.189. The molecule has 0 amide bonds. The van der Waals surface area contributed by atoms with E-state index in [0.29, 0.717) is 6.04 Å². The third-order valence-electron chi connectivity index (χ3n) is 5.41. The summed E-state index contributed by atoms with van der Waals surface area (Å²) in [4.78, 5) is 4.93. The van der Waals surface area contributed by atoms with Crippen molar-refractivity contribution in [3.63, 3.8) is 0 Å². The Balaban J connectivity index is 1.33. The predicted molar refractivity (Wildman–Crippen MR) is 96.2 cm³/mol. The van der Waals surface area contributed by atoms with E-state index in [0.717, 1.165) is 48.9 Å². The molecule has 1 saturated carbocycles. The lowest BCUT2D eigenvalue weighted by Crippen LogP contribution is -2.47. The summed E-state index contributed by atoms with van der Waals surface area (Å²) in [6.07, 6.45) is 3.76. The zero-order valence-electron chi connectivity index (χ0n) is 13.9. The van der Waals surface area contributed by atoms with Crippen molar-refractivity contribution < 1.29 is 4.52 Å². The summed E-state index contributed by atoms with van der Waals surface area (Å²) in [5, 5.41) is 5.44. The second-order valence-electron chi connectivity index (χ2n) is 7.22. The Bertz CT molecular complexity index is 674. The average Bonchev–Trinajstić information content (AvgIpc) is 2.94. The van der Waals surface area contributed by atoms with Crippen LogP contribution < -0.4 is 16.1 Å². The summed E-state index contributed by atoms with van der Waals surface area (Å²) in [5.74, 6) is 1.87. The standard InChI is InChI=1S/C17H25BN4O/c18-13-1-2-15-16(11-13)23-20-17(15)22-7-5-21(6-8-22)4-3-12-9-14(19)10-12/h1-2,11-12,14H,3-10,18-19H2. The molecule has 1 saturated heterocycles. The summed E-state index contributed by atoms with van der Waals surface area (Å²) in [6, 6.07) is 6.79. The van der Waals surface area contributed by atoms with E-state index in [1.165, 1.54) is 31.3 Å². The Labute approximate surface area is 138 Å². The van der Waals surface area contributed by atoms with Crippen LogP contribution in [0.3, 0.4) is 0 Å². The summed E-state index contributed by atoms with van der Waals surface area (Å²) in [6.45, 7) is 5.49. The summed E-state index contributed by atoms with van der Waals surface area (Å²) in [5.41, 5.74) is 7.97. The van der Waals surface area contributed by atoms with Crippen molar-refractivity contribution in [3.05, 3.63) is 18.2 Å². The van der Waals surface area contributed by atoms with Crippen LogP contribution in [0, 0.1) is 5.92 Å². The van der Waals surface area contributed by atoms with Crippen LogP contribution in [0.5, 0.6) is 0 Å². The molecule has 2 aliphatic rings. The molecule has 4 rings (SSSR count). The van der Waals surface area contributed by atoms with E-state index < -0.39 is 0 Å². The first-order valence-electron chi connectivity index (χ1n) is 8.78. The number of aromatic nitrogens is 1. The van der Waals surface area contributed by atoms with Gasteiger partial charge in [0.2, 0.25) is 0 Å². The van der Waals surface area contributed by atoms with E-state index in [1.54, 1.807) is 0 Å². The second-order valence-corrected chi connectivity index (χ2v) is 7.22. The van der Waals surface area contributed by atoms with E-state index in [4.69, 9.17) is 10.3 Å². The molecule has 0 spiro atoms. The summed E-state index contributed by atoms with van der Waals surface area (Å²) in [7, 11) is 2.08. The van der Waals surface area contributed by atoms with Crippen molar-refractivity contribution in [3.8, 4) is 0 Å². The average molecular weight is 312 g/mol. The largest absolute Gasteiger partial charge is 0.354 e. The Morgan fingerprint density at radius 3 is 2.74 bits per heavy atom. The van der Waals surface area contributed by atoms with Crippen LogP contribution in [0.1, 0.15) is 19.3 Å². The molecule has 0 bridgehead atoms. The molecule has 2 aromatic rings. The monoisotopic (exact) mass is 312 g/mol. The molecule has 23 heavy (non-hydrogen) atoms. The lowest BCUT2D eigenvalue weighted by Gasteiger charge is -2.37. The number of benzene rings is 1. The third kappa shape index (κ3) is 3.10. The van der Waals surface area contributed by atoms with Gasteiger partial charge in [0.25, 0.3) is 0 Å². The minimum Gasteiger partial charge on any atom is -0.354 e. The van der Waals surface area contributed by atoms with Crippen LogP contribution in [-0.2, 0) is 0 Å². The zero-order valence-corrected chi connectivity index (χ0v) is 13.9. The van der Waals surface area contributed by atoms with Crippen LogP contribution in [0.25, 0.3) is 11.0 Å². The van der Waals surface area contributed by atoms with Gasteiger partial charge in [-0.15, -0.1) is 0 Å². The van der Waals surface area contributed by atoms with Crippen molar-refractivity contribution in [2.45, 2.75) is 25.3 Å². The number of rotatable bonds is 4. The van der Waals surface area contributed by atoms with Gasteiger partial charge < -0.3 is 15.2 Å². The van der Waals surface area contributed by atoms with Crippen LogP contribution in [0.15, 0.2) is 22.7 Å². The van der Waals surface area contributed by atoms with E-state index in [2.05, 4.69) is 41.0 Å². The van der Waals surface area contributed by atoms with Gasteiger partial charge >= 0.3 is 0 Å². The van der Waals surface area contributed by atoms with Gasteiger partial charge in [-0.25, -0.2) is 0 Å². The van der Waals surface area contributed by atoms with Crippen molar-refractivity contribution in [2.24, 2.45) is 11.7 Å². The van der Waals surface area contributed by atoms with Gasteiger partial charge in [0, 0.05) is 32.2 Å². The van der Waals surface area contributed by atoms with Gasteiger partial charge in [0.15, 0.2) is 11.4 Å². The van der Waals surface area contributed by atoms with Crippen molar-refractivity contribution in [1.29, 1.82) is 0 Å². The van der Waals surface area contributed by atoms with Gasteiger partial charge in [-0.3, -0.25) is 4.90 Å². The molecule has 1 aliphatic heterocycles. The van der Waals surface area contributed by atoms with Gasteiger partial charge in [0.05, 0.1) is 5.39 Å². The number of anilines is 1. The highest BCUT2D eigenvalue weighted by Crippen LogP contribution is 2.29. The Morgan fingerprint density at radius 1 is 1.22 bits per heavy atom. The highest BCUT2D eigenvalue weighted by molar-refractivity contribution is 6.33. The smallest absolute Gasteiger partial charge is 0.180 e. The predicted octanol–water partition coefficient (Wildman–Crippen LogP) is 0.336. The van der Waals surface area contributed by atoms with Crippen LogP contribution in [0.2, 0.25) is 0 Å². The summed E-state index contributed by atoms with van der Waals surface area (Å²) >= 11 is 0. The molecular weight excluding hydrogens is 287 g/mol. The van der Waals surface area contributed by atoms with Crippen LogP contribution >= 0.6 is 0 Å². The zero-order chi connectivity index (χ0) is 15.8. The molecular formula is C17H25BN4O. The topological polar surface area (TPSA) is 58.5 Å².